The van der Waals surface area contributed by atoms with Crippen LogP contribution in [-0.2, 0) is 43.9 Å². The minimum atomic E-state index is 0. The maximum Gasteiger partial charge on any atom is 0 e. The van der Waals surface area contributed by atoms with Crippen LogP contribution in [0.25, 0.3) is 0 Å². The van der Waals surface area contributed by atoms with Gasteiger partial charge >= 0.3 is 0 Å². The molecule has 0 atom stereocenters. The monoisotopic (exact) mass is 282 g/mol. The van der Waals surface area contributed by atoms with Crippen LogP contribution in [0, 0.1) is 13.5 Å². The van der Waals surface area contributed by atoms with E-state index < -0.39 is 0 Å². The number of benzene rings is 1. The van der Waals surface area contributed by atoms with Gasteiger partial charge in [-0.3, -0.25) is 6.54 Å². The number of aryl methyl sites for hydroxylation is 1. The van der Waals surface area contributed by atoms with E-state index in [-0.39, 0.29) is 32.7 Å². The maximum atomic E-state index is 8.24. The minimum Gasteiger partial charge on any atom is -0.665 e. The largest absolute Gasteiger partial charge is 0.665 e. The van der Waals surface area contributed by atoms with Crippen molar-refractivity contribution in [2.75, 3.05) is 7.05 Å². The van der Waals surface area contributed by atoms with E-state index in [1.54, 1.807) is 0 Å². The molecule has 0 unspecified atom stereocenters. The fourth-order valence-corrected chi connectivity index (χ4v) is 0.944. The van der Waals surface area contributed by atoms with Gasteiger partial charge in [0.15, 0.2) is 0 Å². The minimum absolute atomic E-state index is 0. The first-order chi connectivity index (χ1) is 6.74. The molecule has 15 heavy (non-hydrogen) atoms. The molecule has 4 heteroatoms. The van der Waals surface area contributed by atoms with Crippen LogP contribution in [0.1, 0.15) is 11.1 Å². The molecule has 1 aromatic rings. The van der Waals surface area contributed by atoms with Gasteiger partial charge in [0.1, 0.15) is 0 Å². The summed E-state index contributed by atoms with van der Waals surface area (Å²) in [7, 11) is 1.92. The van der Waals surface area contributed by atoms with Gasteiger partial charge in [-0.15, -0.1) is 6.42 Å². The Hall–Kier alpha value is -0.246. The molecule has 3 nitrogen and oxygen atoms in total. The Kier molecular flexibility index (Phi) is 13.5. The van der Waals surface area contributed by atoms with E-state index in [1.165, 1.54) is 11.1 Å². The summed E-state index contributed by atoms with van der Waals surface area (Å²) in [5.74, 6) is 0. The summed E-state index contributed by atoms with van der Waals surface area (Å²) in [4.78, 5) is 8.24. The molecule has 0 bridgehead atoms. The first-order valence-electron chi connectivity index (χ1n) is 4.30. The molecular formula is C11H15NO2Y-2. The summed E-state index contributed by atoms with van der Waals surface area (Å²) in [5.41, 5.74) is 2.67. The molecule has 0 aromatic heterocycles. The fraction of sp³-hybridized carbons (Fsp3) is 0.273. The second-order valence-corrected chi connectivity index (χ2v) is 2.77. The van der Waals surface area contributed by atoms with Gasteiger partial charge in [0, 0.05) is 32.7 Å². The molecule has 0 saturated carbocycles. The molecule has 1 rings (SSSR count). The molecule has 81 valence electrons. The number of hydrogen-bond donors (Lipinski definition) is 2. The third-order valence-electron chi connectivity index (χ3n) is 1.66. The van der Waals surface area contributed by atoms with Gasteiger partial charge in [-0.2, -0.15) is 0 Å². The molecule has 0 aliphatic rings. The topological polar surface area (TPSA) is 49.3 Å². The Morgan fingerprint density at radius 2 is 1.87 bits per heavy atom. The molecule has 0 aliphatic carbocycles. The summed E-state index contributed by atoms with van der Waals surface area (Å²) in [5, 5.41) is 9.77. The maximum absolute atomic E-state index is 8.24. The van der Waals surface area contributed by atoms with Crippen LogP contribution >= 0.6 is 0 Å². The van der Waals surface area contributed by atoms with Gasteiger partial charge < -0.3 is 15.2 Å². The van der Waals surface area contributed by atoms with Gasteiger partial charge in [0.05, 0.1) is 0 Å². The second-order valence-electron chi connectivity index (χ2n) is 2.77. The molecule has 0 fully saturated rings. The number of nitrogens with one attached hydrogen (secondary N) is 1. The number of likely N-dealkylation sites (N-methyl/N-ethyl adjacent to an activating group) is 1. The van der Waals surface area contributed by atoms with Gasteiger partial charge in [-0.05, 0) is 14.0 Å². The van der Waals surface area contributed by atoms with E-state index in [0.717, 1.165) is 6.42 Å². The summed E-state index contributed by atoms with van der Waals surface area (Å²) in [6.07, 6.45) is 0.997. The van der Waals surface area contributed by atoms with E-state index in [9.17, 15) is 0 Å². The van der Waals surface area contributed by atoms with E-state index in [2.05, 4.69) is 36.5 Å². The van der Waals surface area contributed by atoms with E-state index in [1.807, 2.05) is 13.6 Å². The predicted octanol–water partition coefficient (Wildman–Crippen LogP) is 1.53. The van der Waals surface area contributed by atoms with Crippen molar-refractivity contribution >= 4 is 6.47 Å². The smallest absolute Gasteiger partial charge is 0 e. The van der Waals surface area contributed by atoms with Crippen LogP contribution in [-0.4, -0.2) is 18.6 Å². The number of hydrogen-bond acceptors (Lipinski definition) is 2. The third kappa shape index (κ3) is 10.0. The molecule has 1 radical (unpaired) electrons. The summed E-state index contributed by atoms with van der Waals surface area (Å²) < 4.78 is 0. The average Bonchev–Trinajstić information content (AvgIpc) is 2.18. The van der Waals surface area contributed by atoms with E-state index in [0.29, 0.717) is 6.47 Å². The molecule has 0 amide bonds. The standard InChI is InChI=1S/C10H14N.CHO2.Y/c1-9-3-5-10(6-4-9)7-8-11-2;2-1-3;/h3-6,8,11H,7H2,1-2H3;(H,2,3);/q2*-1;. The zero-order chi connectivity index (χ0) is 10.8. The van der Waals surface area contributed by atoms with Crippen LogP contribution in [0.15, 0.2) is 24.3 Å². The number of rotatable bonds is 3. The zero-order valence-corrected chi connectivity index (χ0v) is 11.9. The molecule has 0 aliphatic heterocycles. The molecule has 1 aromatic carbocycles. The average molecular weight is 282 g/mol. The summed E-state index contributed by atoms with van der Waals surface area (Å²) in [6.45, 7) is 4.65. The van der Waals surface area contributed by atoms with E-state index >= 15 is 0 Å². The molecule has 0 heterocycles. The van der Waals surface area contributed by atoms with Gasteiger partial charge in [-0.25, -0.2) is 0 Å². The Labute approximate surface area is 116 Å². The normalized spacial score (nSPS) is 8.13. The van der Waals surface area contributed by atoms with Crippen molar-refractivity contribution in [3.8, 4) is 0 Å². The van der Waals surface area contributed by atoms with Crippen LogP contribution < -0.4 is 5.32 Å². The van der Waals surface area contributed by atoms with Crippen molar-refractivity contribution in [2.45, 2.75) is 13.3 Å². The molecule has 0 spiro atoms. The summed E-state index contributed by atoms with van der Waals surface area (Å²) in [6, 6.07) is 8.59. The Balaban J connectivity index is 0. The van der Waals surface area contributed by atoms with Crippen LogP contribution in [0.5, 0.6) is 0 Å². The van der Waals surface area contributed by atoms with Gasteiger partial charge in [0.25, 0.3) is 0 Å². The van der Waals surface area contributed by atoms with E-state index in [4.69, 9.17) is 9.90 Å². The van der Waals surface area contributed by atoms with Gasteiger partial charge in [-0.1, -0.05) is 41.9 Å². The second kappa shape index (κ2) is 11.8. The van der Waals surface area contributed by atoms with Crippen molar-refractivity contribution in [3.05, 3.63) is 41.9 Å². The van der Waals surface area contributed by atoms with Crippen molar-refractivity contribution < 1.29 is 42.6 Å². The van der Waals surface area contributed by atoms with Crippen LogP contribution in [0.2, 0.25) is 0 Å². The molecule has 2 N–H and O–H groups in total. The van der Waals surface area contributed by atoms with Gasteiger partial charge in [0.2, 0.25) is 0 Å². The third-order valence-corrected chi connectivity index (χ3v) is 1.66. The Bertz CT molecular complexity index is 249. The van der Waals surface area contributed by atoms with Crippen molar-refractivity contribution in [1.82, 2.24) is 5.32 Å². The first kappa shape index (κ1) is 17.2. The quantitative estimate of drug-likeness (QED) is 0.827. The zero-order valence-electron chi connectivity index (χ0n) is 9.03. The van der Waals surface area contributed by atoms with Crippen molar-refractivity contribution in [2.24, 2.45) is 0 Å². The SMILES string of the molecule is CN[CH-]Cc1ccc(C)cc1.O=[C-]O.[Y]. The molecule has 0 saturated heterocycles. The first-order valence-corrected chi connectivity index (χ1v) is 4.30. The van der Waals surface area contributed by atoms with Crippen LogP contribution in [0.3, 0.4) is 0 Å². The van der Waals surface area contributed by atoms with Crippen molar-refractivity contribution in [3.63, 3.8) is 0 Å². The summed E-state index contributed by atoms with van der Waals surface area (Å²) >= 11 is 0. The Morgan fingerprint density at radius 3 is 2.27 bits per heavy atom. The molecular weight excluding hydrogens is 267 g/mol. The fourth-order valence-electron chi connectivity index (χ4n) is 0.944. The van der Waals surface area contributed by atoms with Crippen molar-refractivity contribution in [1.29, 1.82) is 0 Å². The number of aliphatic hydroxyl groups excluding tert-OH is 1. The predicted molar refractivity (Wildman–Crippen MR) is 56.6 cm³/mol. The Morgan fingerprint density at radius 1 is 1.40 bits per heavy atom. The van der Waals surface area contributed by atoms with Crippen LogP contribution in [0.4, 0.5) is 0 Å².